The highest BCUT2D eigenvalue weighted by Crippen LogP contribution is 2.27. The fourth-order valence-corrected chi connectivity index (χ4v) is 3.29. The Labute approximate surface area is 185 Å². The van der Waals surface area contributed by atoms with E-state index in [9.17, 15) is 4.79 Å². The maximum Gasteiger partial charge on any atom is 0.223 e. The number of nitrogens with zero attached hydrogens (tertiary/aromatic N) is 3. The number of methoxy groups -OCH3 is 1. The first-order valence-electron chi connectivity index (χ1n) is 9.57. The second kappa shape index (κ2) is 12.8. The van der Waals surface area contributed by atoms with Gasteiger partial charge in [0.15, 0.2) is 5.96 Å². The zero-order valence-electron chi connectivity index (χ0n) is 17.4. The first kappa shape index (κ1) is 24.5. The highest BCUT2D eigenvalue weighted by Gasteiger charge is 2.24. The molecule has 0 saturated carbocycles. The van der Waals surface area contributed by atoms with Crippen molar-refractivity contribution in [2.24, 2.45) is 4.99 Å². The molecule has 0 bridgehead atoms. The molecule has 1 fully saturated rings. The van der Waals surface area contributed by atoms with Crippen LogP contribution in [0.1, 0.15) is 30.9 Å². The fraction of sp³-hybridized carbons (Fsp3) is 0.600. The molecule has 0 aliphatic carbocycles. The lowest BCUT2D eigenvalue weighted by Crippen LogP contribution is -2.43. The third kappa shape index (κ3) is 7.46. The number of carbonyl (C=O) groups is 1. The Bertz CT molecular complexity index is 633. The summed E-state index contributed by atoms with van der Waals surface area (Å²) in [6.07, 6.45) is 2.92. The van der Waals surface area contributed by atoms with Crippen LogP contribution in [0.25, 0.3) is 0 Å². The van der Waals surface area contributed by atoms with E-state index in [0.717, 1.165) is 25.4 Å². The smallest absolute Gasteiger partial charge is 0.223 e. The lowest BCUT2D eigenvalue weighted by Gasteiger charge is -2.29. The molecule has 1 aromatic carbocycles. The summed E-state index contributed by atoms with van der Waals surface area (Å²) in [7, 11) is 6.98. The molecule has 0 aromatic heterocycles. The van der Waals surface area contributed by atoms with Crippen LogP contribution in [0, 0.1) is 0 Å². The molecule has 0 spiro atoms. The summed E-state index contributed by atoms with van der Waals surface area (Å²) < 4.78 is 5.40. The van der Waals surface area contributed by atoms with Gasteiger partial charge in [-0.25, -0.2) is 0 Å². The molecule has 2 rings (SSSR count). The van der Waals surface area contributed by atoms with Gasteiger partial charge in [0.05, 0.1) is 13.2 Å². The molecular formula is C20H34IN5O2. The highest BCUT2D eigenvalue weighted by molar-refractivity contribution is 14.0. The van der Waals surface area contributed by atoms with E-state index < -0.39 is 0 Å². The normalized spacial score (nSPS) is 15.5. The van der Waals surface area contributed by atoms with Crippen LogP contribution >= 0.6 is 24.0 Å². The second-order valence-electron chi connectivity index (χ2n) is 6.95. The van der Waals surface area contributed by atoms with Crippen LogP contribution in [0.2, 0.25) is 0 Å². The summed E-state index contributed by atoms with van der Waals surface area (Å²) in [6, 6.07) is 8.53. The van der Waals surface area contributed by atoms with Crippen molar-refractivity contribution in [3.8, 4) is 5.75 Å². The zero-order chi connectivity index (χ0) is 19.6. The average molecular weight is 503 g/mol. The Morgan fingerprint density at radius 3 is 2.61 bits per heavy atom. The molecule has 1 atom stereocenters. The lowest BCUT2D eigenvalue weighted by atomic mass is 10.1. The van der Waals surface area contributed by atoms with Gasteiger partial charge in [-0.2, -0.15) is 0 Å². The Morgan fingerprint density at radius 2 is 2.00 bits per heavy atom. The van der Waals surface area contributed by atoms with Crippen LogP contribution in [0.15, 0.2) is 29.3 Å². The predicted molar refractivity (Wildman–Crippen MR) is 125 cm³/mol. The van der Waals surface area contributed by atoms with Gasteiger partial charge in [-0.15, -0.1) is 24.0 Å². The van der Waals surface area contributed by atoms with Gasteiger partial charge in [0.1, 0.15) is 5.75 Å². The topological polar surface area (TPSA) is 69.2 Å². The lowest BCUT2D eigenvalue weighted by molar-refractivity contribution is -0.128. The molecule has 0 radical (unpaired) electrons. The summed E-state index contributed by atoms with van der Waals surface area (Å²) in [6.45, 7) is 3.51. The minimum Gasteiger partial charge on any atom is -0.497 e. The molecule has 1 saturated heterocycles. The van der Waals surface area contributed by atoms with Gasteiger partial charge < -0.3 is 20.3 Å². The quantitative estimate of drug-likeness (QED) is 0.323. The number of ether oxygens (including phenoxy) is 1. The van der Waals surface area contributed by atoms with Crippen LogP contribution in [0.5, 0.6) is 5.75 Å². The van der Waals surface area contributed by atoms with Gasteiger partial charge in [0.2, 0.25) is 5.91 Å². The summed E-state index contributed by atoms with van der Waals surface area (Å²) in [4.78, 5) is 20.1. The summed E-state index contributed by atoms with van der Waals surface area (Å²) in [5.41, 5.74) is 1.24. The molecule has 1 aromatic rings. The predicted octanol–water partition coefficient (Wildman–Crippen LogP) is 2.09. The molecular weight excluding hydrogens is 469 g/mol. The molecule has 1 heterocycles. The van der Waals surface area contributed by atoms with E-state index in [1.165, 1.54) is 18.4 Å². The first-order valence-corrected chi connectivity index (χ1v) is 9.57. The SMILES string of the molecule is CN=C(NCCC(=O)N(C)C)NCC(c1cccc(OC)c1)N1CCCC1.I. The van der Waals surface area contributed by atoms with Gasteiger partial charge in [0, 0.05) is 40.7 Å². The maximum atomic E-state index is 11.7. The van der Waals surface area contributed by atoms with E-state index in [2.05, 4.69) is 32.7 Å². The number of likely N-dealkylation sites (tertiary alicyclic amines) is 1. The average Bonchev–Trinajstić information content (AvgIpc) is 3.21. The molecule has 1 aliphatic rings. The number of benzene rings is 1. The van der Waals surface area contributed by atoms with E-state index in [1.54, 1.807) is 33.2 Å². The van der Waals surface area contributed by atoms with Crippen molar-refractivity contribution >= 4 is 35.8 Å². The van der Waals surface area contributed by atoms with Crippen molar-refractivity contribution in [2.45, 2.75) is 25.3 Å². The number of halogens is 1. The Hall–Kier alpha value is -1.55. The third-order valence-electron chi connectivity index (χ3n) is 4.88. The van der Waals surface area contributed by atoms with E-state index in [0.29, 0.717) is 18.9 Å². The number of aliphatic imine (C=N–C) groups is 1. The number of hydrogen-bond acceptors (Lipinski definition) is 4. The number of carbonyl (C=O) groups excluding carboxylic acids is 1. The van der Waals surface area contributed by atoms with Gasteiger partial charge >= 0.3 is 0 Å². The van der Waals surface area contributed by atoms with Crippen molar-refractivity contribution in [2.75, 3.05) is 54.4 Å². The first-order chi connectivity index (χ1) is 13.0. The van der Waals surface area contributed by atoms with Crippen LogP contribution in [0.3, 0.4) is 0 Å². The largest absolute Gasteiger partial charge is 0.497 e. The molecule has 158 valence electrons. The fourth-order valence-electron chi connectivity index (χ4n) is 3.29. The number of rotatable bonds is 8. The molecule has 1 unspecified atom stereocenters. The van der Waals surface area contributed by atoms with E-state index in [-0.39, 0.29) is 35.9 Å². The summed E-state index contributed by atoms with van der Waals surface area (Å²) in [5.74, 6) is 1.69. The van der Waals surface area contributed by atoms with Gasteiger partial charge in [-0.05, 0) is 43.6 Å². The van der Waals surface area contributed by atoms with Crippen molar-refractivity contribution in [3.63, 3.8) is 0 Å². The van der Waals surface area contributed by atoms with Gasteiger partial charge in [-0.3, -0.25) is 14.7 Å². The van der Waals surface area contributed by atoms with Crippen molar-refractivity contribution in [3.05, 3.63) is 29.8 Å². The van der Waals surface area contributed by atoms with Crippen LogP contribution in [-0.2, 0) is 4.79 Å². The van der Waals surface area contributed by atoms with E-state index >= 15 is 0 Å². The third-order valence-corrected chi connectivity index (χ3v) is 4.88. The summed E-state index contributed by atoms with van der Waals surface area (Å²) in [5, 5.41) is 6.64. The molecule has 1 amide bonds. The minimum absolute atomic E-state index is 0. The maximum absolute atomic E-state index is 11.7. The Morgan fingerprint density at radius 1 is 1.29 bits per heavy atom. The molecule has 1 aliphatic heterocycles. The Balaban J connectivity index is 0.00000392. The highest BCUT2D eigenvalue weighted by atomic mass is 127. The standard InChI is InChI=1S/C20H33N5O2.HI/c1-21-20(22-11-10-19(26)24(2)3)23-15-18(25-12-5-6-13-25)16-8-7-9-17(14-16)27-4;/h7-9,14,18H,5-6,10-13,15H2,1-4H3,(H2,21,22,23);1H. The van der Waals surface area contributed by atoms with Crippen LogP contribution in [0.4, 0.5) is 0 Å². The molecule has 8 heteroatoms. The van der Waals surface area contributed by atoms with E-state index in [4.69, 9.17) is 4.74 Å². The number of amides is 1. The van der Waals surface area contributed by atoms with Crippen LogP contribution in [-0.4, -0.2) is 76.1 Å². The second-order valence-corrected chi connectivity index (χ2v) is 6.95. The van der Waals surface area contributed by atoms with E-state index in [1.807, 2.05) is 12.1 Å². The Kier molecular flexibility index (Phi) is 11.2. The number of guanidine groups is 1. The van der Waals surface area contributed by atoms with Crippen LogP contribution < -0.4 is 15.4 Å². The van der Waals surface area contributed by atoms with Gasteiger partial charge in [-0.1, -0.05) is 12.1 Å². The van der Waals surface area contributed by atoms with Crippen molar-refractivity contribution < 1.29 is 9.53 Å². The van der Waals surface area contributed by atoms with Crippen molar-refractivity contribution in [1.29, 1.82) is 0 Å². The zero-order valence-corrected chi connectivity index (χ0v) is 19.7. The summed E-state index contributed by atoms with van der Waals surface area (Å²) >= 11 is 0. The monoisotopic (exact) mass is 503 g/mol. The number of nitrogens with one attached hydrogen (secondary N) is 2. The number of hydrogen-bond donors (Lipinski definition) is 2. The molecule has 7 nitrogen and oxygen atoms in total. The van der Waals surface area contributed by atoms with Crippen molar-refractivity contribution in [1.82, 2.24) is 20.4 Å². The van der Waals surface area contributed by atoms with Gasteiger partial charge in [0.25, 0.3) is 0 Å². The minimum atomic E-state index is 0. The molecule has 28 heavy (non-hydrogen) atoms. The molecule has 2 N–H and O–H groups in total.